The van der Waals surface area contributed by atoms with Gasteiger partial charge in [0.1, 0.15) is 26.9 Å². The van der Waals surface area contributed by atoms with Gasteiger partial charge in [0.15, 0.2) is 40.1 Å². The number of hydrogen-bond acceptors (Lipinski definition) is 26. The number of aromatic nitrogens is 11. The van der Waals surface area contributed by atoms with Crippen molar-refractivity contribution in [3.63, 3.8) is 0 Å². The first-order valence-corrected chi connectivity index (χ1v) is 43.4. The molecule has 0 radical (unpaired) electrons. The van der Waals surface area contributed by atoms with Crippen LogP contribution in [0.25, 0.3) is 56.0 Å². The number of carboxylic acid groups (broad SMARTS) is 1. The molecule has 0 aliphatic carbocycles. The molecule has 0 aliphatic rings. The summed E-state index contributed by atoms with van der Waals surface area (Å²) in [6, 6.07) is 60.9. The van der Waals surface area contributed by atoms with Gasteiger partial charge in [-0.25, -0.2) is 20.7 Å². The second-order valence-electron chi connectivity index (χ2n) is 25.2. The molecule has 1 amide bonds. The Morgan fingerprint density at radius 1 is 0.562 bits per heavy atom. The monoisotopic (exact) mass is 1960 g/mol. The normalized spacial score (nSPS) is 10.3. The van der Waals surface area contributed by atoms with Gasteiger partial charge in [0.2, 0.25) is 0 Å². The number of ketones is 1. The van der Waals surface area contributed by atoms with E-state index in [1.165, 1.54) is 35.7 Å². The van der Waals surface area contributed by atoms with Gasteiger partial charge in [-0.15, -0.1) is 54.1 Å². The Balaban J connectivity index is 0.000000301. The van der Waals surface area contributed by atoms with Crippen LogP contribution in [-0.4, -0.2) is 114 Å². The summed E-state index contributed by atoms with van der Waals surface area (Å²) < 4.78 is 20.5. The van der Waals surface area contributed by atoms with Crippen molar-refractivity contribution in [1.29, 1.82) is 21.0 Å². The number of benzene rings is 5. The second-order valence-corrected chi connectivity index (χ2v) is 39.5. The predicted octanol–water partition coefficient (Wildman–Crippen LogP) is 17.1. The SMILES string of the molecule is CC(=O)C(C)(C)Sc1ccc2nnc(-c3ccc(C#N)cc3)n2c1.CC(C)(Sc1ccc2nnc(-c3ccc(C#N)cc3)n2c1)C(=O)O.CCOC(=O)C(C)(C)S.N#Cc1ccc(-c2nnc3ccc(Br)cn23)cc1.N#Cc1ccc(C(=O)NNc2ccc(Br)cn2)cc1.NNc1ccc(Br)cn1.O=P(Cl)(Cl)Cl.[C-]#[N+]c1ccc(C(=O)Cl)cc1.[Li+].[OH-]. The van der Waals surface area contributed by atoms with E-state index in [-0.39, 0.29) is 42.0 Å². The van der Waals surface area contributed by atoms with E-state index in [1.54, 1.807) is 145 Å². The fourth-order valence-electron chi connectivity index (χ4n) is 8.88. The van der Waals surface area contributed by atoms with E-state index in [9.17, 15) is 33.6 Å². The number of hydrazine groups is 2. The number of nitrogen functional groups attached to an aromatic ring is 1. The van der Waals surface area contributed by atoms with E-state index in [2.05, 4.69) is 174 Å². The maximum atomic E-state index is 11.8. The molecule has 0 fully saturated rings. The van der Waals surface area contributed by atoms with Crippen LogP contribution in [-0.2, 0) is 23.7 Å². The molecule has 0 spiro atoms. The van der Waals surface area contributed by atoms with Crippen LogP contribution in [0.2, 0.25) is 0 Å². The van der Waals surface area contributed by atoms with Gasteiger partial charge in [-0.05, 0) is 306 Å². The number of nitriles is 4. The van der Waals surface area contributed by atoms with Gasteiger partial charge >= 0.3 is 36.0 Å². The fraction of sp³-hybridized carbons (Fsp3) is 0.150. The van der Waals surface area contributed by atoms with Crippen LogP contribution in [0.15, 0.2) is 236 Å². The quantitative estimate of drug-likeness (QED) is 0.00602. The molecule has 13 aromatic rings. The summed E-state index contributed by atoms with van der Waals surface area (Å²) in [5, 5.41) is 65.8. The number of carbonyl (C=O) groups is 5. The number of aliphatic carboxylic acids is 1. The maximum Gasteiger partial charge on any atom is 1.00 e. The number of pyridine rings is 5. The fourth-order valence-corrected chi connectivity index (χ4v) is 11.9. The van der Waals surface area contributed by atoms with E-state index >= 15 is 0 Å². The van der Waals surface area contributed by atoms with Gasteiger partial charge in [0.05, 0.1) is 64.5 Å². The molecule has 5 aromatic carbocycles. The summed E-state index contributed by atoms with van der Waals surface area (Å²) in [7, 11) is 0. The number of Topliss-reactive ketones (excluding diaryl/α,β-unsaturated/α-hetero) is 1. The molecule has 8 aromatic heterocycles. The van der Waals surface area contributed by atoms with E-state index < -0.39 is 30.7 Å². The number of esters is 1. The minimum atomic E-state index is -3.22. The number of amides is 1. The van der Waals surface area contributed by atoms with Gasteiger partial charge in [-0.1, -0.05) is 24.3 Å². The van der Waals surface area contributed by atoms with Crippen LogP contribution in [0.5, 0.6) is 0 Å². The molecule has 0 unspecified atom stereocenters. The third-order valence-electron chi connectivity index (χ3n) is 15.2. The van der Waals surface area contributed by atoms with Gasteiger partial charge in [-0.2, -0.15) is 33.7 Å². The second kappa shape index (κ2) is 49.4. The summed E-state index contributed by atoms with van der Waals surface area (Å²) >= 11 is 35.8. The van der Waals surface area contributed by atoms with Crippen molar-refractivity contribution in [2.75, 3.05) is 17.5 Å². The molecule has 616 valence electrons. The summed E-state index contributed by atoms with van der Waals surface area (Å²) in [6.07, 6.45) is 8.99. The Kier molecular flexibility index (Phi) is 42.0. The first kappa shape index (κ1) is 103. The number of ether oxygens (including phenoxy) is 1. The molecule has 0 bridgehead atoms. The molecule has 0 saturated carbocycles. The van der Waals surface area contributed by atoms with Crippen molar-refractivity contribution in [3.8, 4) is 58.4 Å². The van der Waals surface area contributed by atoms with Crippen LogP contribution in [0, 0.1) is 51.9 Å². The molecular weight excluding hydrogens is 1900 g/mol. The average Bonchev–Trinajstić information content (AvgIpc) is 1.67. The van der Waals surface area contributed by atoms with E-state index in [4.69, 9.17) is 49.8 Å². The predicted molar refractivity (Wildman–Crippen MR) is 479 cm³/mol. The Hall–Kier alpha value is -10.5. The van der Waals surface area contributed by atoms with Crippen LogP contribution >= 0.6 is 134 Å². The van der Waals surface area contributed by atoms with Crippen LogP contribution < -0.4 is 41.0 Å². The molecule has 0 aliphatic heterocycles. The van der Waals surface area contributed by atoms with Crippen LogP contribution in [0.1, 0.15) is 98.4 Å². The summed E-state index contributed by atoms with van der Waals surface area (Å²) in [6.45, 7) is 21.0. The molecule has 0 atom stereocenters. The number of fused-ring (bicyclic) bond motifs is 3. The van der Waals surface area contributed by atoms with Gasteiger partial charge in [0.25, 0.3) is 11.1 Å². The Labute approximate surface area is 766 Å². The number of thioether (sulfide) groups is 2. The summed E-state index contributed by atoms with van der Waals surface area (Å²) in [4.78, 5) is 69.1. The van der Waals surface area contributed by atoms with Crippen LogP contribution in [0.4, 0.5) is 17.3 Å². The van der Waals surface area contributed by atoms with Crippen LogP contribution in [0.3, 0.4) is 0 Å². The number of carboxylic acids is 1. The number of nitrogens with zero attached hydrogens (tertiary/aromatic N) is 16. The molecule has 0 saturated heterocycles. The zero-order valence-corrected chi connectivity index (χ0v) is 76.5. The van der Waals surface area contributed by atoms with E-state index in [0.29, 0.717) is 74.6 Å². The van der Waals surface area contributed by atoms with Gasteiger partial charge < -0.3 is 20.7 Å². The van der Waals surface area contributed by atoms with E-state index in [0.717, 1.165) is 57.0 Å². The van der Waals surface area contributed by atoms with Crippen molar-refractivity contribution < 1.29 is 62.7 Å². The standard InChI is InChI=1S/C18H16N4OS.C17H14N4O2S.C13H9BrN4O.C13H7BrN4.C8H4ClNO.C6H12O2S.C5H6BrN3.Cl3OP.Li.H2O/c1-12(23)18(2,3)24-15-8-9-16-20-21-17(22(16)11-15)14-6-4-13(10-19)5-7-14;1-17(2,16(22)23)24-13-7-8-14-19-20-15(21(14)10-13)12-5-3-11(9-18)4-6-12;14-11-5-6-12(16-8-11)17-18-13(19)10-3-1-9(7-15)2-4-10;14-11-5-6-12-16-17-13(18(12)8-11)10-3-1-9(7-15)2-4-10;1-10-7-4-2-6(3-5-7)8(9)11;1-4-8-5(7)6(2,3)9;6-4-1-2-5(9-7)8-3-4;1-5(2,3)4;;/h4-9,11H,1-3H3;3-8,10H,1-2H3,(H,22,23);1-6,8H,(H,16,17)(H,18,19);1-6,8H;2-5H;9H,4H2,1-3H3;1-3H,7H2,(H,8,9);;;1H2/q;;;;;;;;+1;/p-1. The number of anilines is 2. The molecule has 41 heteroatoms. The number of halogens is 7. The van der Waals surface area contributed by atoms with Crippen molar-refractivity contribution in [2.24, 2.45) is 5.84 Å². The first-order chi connectivity index (χ1) is 56.3. The largest absolute Gasteiger partial charge is 1.00 e. The maximum absolute atomic E-state index is 11.8. The molecule has 29 nitrogen and oxygen atoms in total. The van der Waals surface area contributed by atoms with Gasteiger partial charge in [-0.3, -0.25) is 52.6 Å². The third-order valence-corrected chi connectivity index (χ3v) is 19.5. The first-order valence-electron chi connectivity index (χ1n) is 34.2. The average molecular weight is 1970 g/mol. The third kappa shape index (κ3) is 33.8. The van der Waals surface area contributed by atoms with Gasteiger partial charge in [0, 0.05) is 82.0 Å². The minimum absolute atomic E-state index is 0. The zero-order chi connectivity index (χ0) is 87.8. The number of rotatable bonds is 16. The molecule has 8 heterocycles. The Bertz CT molecular complexity index is 5800. The summed E-state index contributed by atoms with van der Waals surface area (Å²) in [5.74, 6) is 7.07. The smallest absolute Gasteiger partial charge is 0.870 e. The zero-order valence-electron chi connectivity index (χ0n) is 65.3. The van der Waals surface area contributed by atoms with Crippen molar-refractivity contribution in [3.05, 3.63) is 271 Å². The minimum Gasteiger partial charge on any atom is -0.870 e. The summed E-state index contributed by atoms with van der Waals surface area (Å²) in [5.41, 5.74) is 16.2. The number of carbonyl (C=O) groups excluding carboxylic acids is 4. The van der Waals surface area contributed by atoms with Crippen molar-refractivity contribution in [1.82, 2.24) is 59.2 Å². The van der Waals surface area contributed by atoms with Crippen molar-refractivity contribution >= 4 is 198 Å². The molecule has 13 rings (SSSR count). The number of nitrogens with two attached hydrogens (primary N) is 1. The molecule has 121 heavy (non-hydrogen) atoms. The van der Waals surface area contributed by atoms with E-state index in [1.807, 2.05) is 131 Å². The number of hydrogen-bond donors (Lipinski definition) is 6. The van der Waals surface area contributed by atoms with Crippen molar-refractivity contribution in [2.45, 2.75) is 79.4 Å². The molecule has 7 N–H and O–H groups in total. The molecular formula is C80H69Br3Cl4LiN20O9PS3. The Morgan fingerprint density at radius 3 is 1.24 bits per heavy atom. The number of thiol groups is 1. The number of nitrogens with one attached hydrogen (secondary N) is 3. The Morgan fingerprint density at radius 2 is 0.917 bits per heavy atom. The topological polar surface area (TPSA) is 440 Å².